The second kappa shape index (κ2) is 10.8. The SMILES string of the molecule is COCCCNC(=O)c1cccc(NC(=O)CNc2cccc(OC)c2)c1. The van der Waals surface area contributed by atoms with Crippen molar-refractivity contribution in [1.82, 2.24) is 5.32 Å². The molecule has 0 atom stereocenters. The first kappa shape index (κ1) is 20.3. The predicted octanol–water partition coefficient (Wildman–Crippen LogP) is 2.51. The van der Waals surface area contributed by atoms with Crippen molar-refractivity contribution >= 4 is 23.2 Å². The number of carbonyl (C=O) groups excluding carboxylic acids is 2. The minimum Gasteiger partial charge on any atom is -0.497 e. The lowest BCUT2D eigenvalue weighted by Gasteiger charge is -2.10. The van der Waals surface area contributed by atoms with Crippen LogP contribution in [0.3, 0.4) is 0 Å². The van der Waals surface area contributed by atoms with Crippen LogP contribution in [-0.2, 0) is 9.53 Å². The number of methoxy groups -OCH3 is 2. The number of hydrogen-bond acceptors (Lipinski definition) is 5. The Bertz CT molecular complexity index is 764. The summed E-state index contributed by atoms with van der Waals surface area (Å²) < 4.78 is 10.1. The number of hydrogen-bond donors (Lipinski definition) is 3. The summed E-state index contributed by atoms with van der Waals surface area (Å²) in [6.45, 7) is 1.23. The maximum absolute atomic E-state index is 12.1. The van der Waals surface area contributed by atoms with Gasteiger partial charge in [0.05, 0.1) is 13.7 Å². The second-order valence-corrected chi connectivity index (χ2v) is 5.82. The summed E-state index contributed by atoms with van der Waals surface area (Å²) in [6, 6.07) is 14.2. The van der Waals surface area contributed by atoms with E-state index in [0.29, 0.717) is 30.2 Å². The molecule has 0 fully saturated rings. The van der Waals surface area contributed by atoms with Crippen LogP contribution in [-0.4, -0.2) is 45.7 Å². The lowest BCUT2D eigenvalue weighted by atomic mass is 10.2. The van der Waals surface area contributed by atoms with Gasteiger partial charge in [-0.1, -0.05) is 12.1 Å². The molecule has 2 aromatic carbocycles. The molecule has 27 heavy (non-hydrogen) atoms. The van der Waals surface area contributed by atoms with Crippen molar-refractivity contribution in [2.45, 2.75) is 6.42 Å². The van der Waals surface area contributed by atoms with Crippen molar-refractivity contribution in [2.75, 3.05) is 44.5 Å². The molecule has 0 spiro atoms. The van der Waals surface area contributed by atoms with Gasteiger partial charge in [0.15, 0.2) is 0 Å². The number of anilines is 2. The van der Waals surface area contributed by atoms with E-state index in [-0.39, 0.29) is 18.4 Å². The molecule has 7 nitrogen and oxygen atoms in total. The highest BCUT2D eigenvalue weighted by atomic mass is 16.5. The maximum atomic E-state index is 12.1. The normalized spacial score (nSPS) is 10.1. The van der Waals surface area contributed by atoms with E-state index in [1.54, 1.807) is 38.5 Å². The summed E-state index contributed by atoms with van der Waals surface area (Å²) in [5.74, 6) is 0.316. The molecule has 0 aromatic heterocycles. The molecule has 0 saturated carbocycles. The van der Waals surface area contributed by atoms with Crippen LogP contribution in [0.1, 0.15) is 16.8 Å². The molecule has 3 N–H and O–H groups in total. The molecule has 0 radical (unpaired) electrons. The van der Waals surface area contributed by atoms with E-state index in [2.05, 4.69) is 16.0 Å². The van der Waals surface area contributed by atoms with Crippen molar-refractivity contribution in [1.29, 1.82) is 0 Å². The maximum Gasteiger partial charge on any atom is 0.251 e. The Labute approximate surface area is 159 Å². The average Bonchev–Trinajstić information content (AvgIpc) is 2.70. The molecular formula is C20H25N3O4. The van der Waals surface area contributed by atoms with Gasteiger partial charge in [-0.05, 0) is 36.8 Å². The second-order valence-electron chi connectivity index (χ2n) is 5.82. The van der Waals surface area contributed by atoms with Crippen LogP contribution in [0.25, 0.3) is 0 Å². The predicted molar refractivity (Wildman–Crippen MR) is 105 cm³/mol. The highest BCUT2D eigenvalue weighted by Gasteiger charge is 2.08. The molecule has 0 saturated heterocycles. The Morgan fingerprint density at radius 1 is 1.00 bits per heavy atom. The number of carbonyl (C=O) groups is 2. The van der Waals surface area contributed by atoms with Gasteiger partial charge in [-0.15, -0.1) is 0 Å². The summed E-state index contributed by atoms with van der Waals surface area (Å²) >= 11 is 0. The van der Waals surface area contributed by atoms with E-state index in [0.717, 1.165) is 12.1 Å². The van der Waals surface area contributed by atoms with Crippen molar-refractivity contribution in [3.63, 3.8) is 0 Å². The number of benzene rings is 2. The zero-order chi connectivity index (χ0) is 19.5. The molecular weight excluding hydrogens is 346 g/mol. The Morgan fingerprint density at radius 3 is 2.56 bits per heavy atom. The average molecular weight is 371 g/mol. The number of ether oxygens (including phenoxy) is 2. The summed E-state index contributed by atoms with van der Waals surface area (Å²) in [4.78, 5) is 24.3. The quantitative estimate of drug-likeness (QED) is 0.559. The summed E-state index contributed by atoms with van der Waals surface area (Å²) in [6.07, 6.45) is 0.745. The Morgan fingerprint density at radius 2 is 1.78 bits per heavy atom. The fourth-order valence-electron chi connectivity index (χ4n) is 2.38. The monoisotopic (exact) mass is 371 g/mol. The first-order chi connectivity index (χ1) is 13.1. The topological polar surface area (TPSA) is 88.7 Å². The van der Waals surface area contributed by atoms with Crippen molar-refractivity contribution < 1.29 is 19.1 Å². The fraction of sp³-hybridized carbons (Fsp3) is 0.300. The third kappa shape index (κ3) is 6.99. The molecule has 2 rings (SSSR count). The molecule has 2 amide bonds. The van der Waals surface area contributed by atoms with E-state index in [9.17, 15) is 9.59 Å². The fourth-order valence-corrected chi connectivity index (χ4v) is 2.38. The van der Waals surface area contributed by atoms with Crippen LogP contribution in [0, 0.1) is 0 Å². The van der Waals surface area contributed by atoms with E-state index < -0.39 is 0 Å². The van der Waals surface area contributed by atoms with Crippen LogP contribution < -0.4 is 20.7 Å². The van der Waals surface area contributed by atoms with Crippen molar-refractivity contribution in [3.8, 4) is 5.75 Å². The summed E-state index contributed by atoms with van der Waals surface area (Å²) in [5, 5.41) is 8.63. The molecule has 0 unspecified atom stereocenters. The first-order valence-corrected chi connectivity index (χ1v) is 8.67. The highest BCUT2D eigenvalue weighted by molar-refractivity contribution is 5.98. The minimum atomic E-state index is -0.213. The van der Waals surface area contributed by atoms with Gasteiger partial charge in [0.1, 0.15) is 5.75 Å². The minimum absolute atomic E-state index is 0.0978. The van der Waals surface area contributed by atoms with Crippen LogP contribution in [0.15, 0.2) is 48.5 Å². The third-order valence-corrected chi connectivity index (χ3v) is 3.74. The number of nitrogens with one attached hydrogen (secondary N) is 3. The van der Waals surface area contributed by atoms with Gasteiger partial charge < -0.3 is 25.4 Å². The first-order valence-electron chi connectivity index (χ1n) is 8.67. The van der Waals surface area contributed by atoms with Crippen molar-refractivity contribution in [3.05, 3.63) is 54.1 Å². The standard InChI is InChI=1S/C20H25N3O4/c1-26-11-5-10-21-20(25)15-6-3-8-17(12-15)23-19(24)14-22-16-7-4-9-18(13-16)27-2/h3-4,6-9,12-13,22H,5,10-11,14H2,1-2H3,(H,21,25)(H,23,24). The van der Waals surface area contributed by atoms with E-state index in [1.165, 1.54) is 0 Å². The number of amides is 2. The molecule has 0 aliphatic carbocycles. The van der Waals surface area contributed by atoms with Crippen LogP contribution in [0.5, 0.6) is 5.75 Å². The Balaban J connectivity index is 1.85. The smallest absolute Gasteiger partial charge is 0.251 e. The zero-order valence-corrected chi connectivity index (χ0v) is 15.6. The van der Waals surface area contributed by atoms with Gasteiger partial charge in [-0.2, -0.15) is 0 Å². The van der Waals surface area contributed by atoms with Crippen LogP contribution >= 0.6 is 0 Å². The molecule has 2 aromatic rings. The molecule has 0 heterocycles. The largest absolute Gasteiger partial charge is 0.497 e. The molecule has 0 bridgehead atoms. The highest BCUT2D eigenvalue weighted by Crippen LogP contribution is 2.16. The molecule has 7 heteroatoms. The lowest BCUT2D eigenvalue weighted by molar-refractivity contribution is -0.114. The molecule has 0 aliphatic rings. The Kier molecular flexibility index (Phi) is 8.12. The van der Waals surface area contributed by atoms with E-state index >= 15 is 0 Å². The van der Waals surface area contributed by atoms with Crippen LogP contribution in [0.2, 0.25) is 0 Å². The summed E-state index contributed by atoms with van der Waals surface area (Å²) in [5.41, 5.74) is 1.84. The van der Waals surface area contributed by atoms with Gasteiger partial charge in [-0.3, -0.25) is 9.59 Å². The third-order valence-electron chi connectivity index (χ3n) is 3.74. The number of rotatable bonds is 10. The van der Waals surface area contributed by atoms with Gasteiger partial charge in [0.2, 0.25) is 5.91 Å². The van der Waals surface area contributed by atoms with Crippen molar-refractivity contribution in [2.24, 2.45) is 0 Å². The molecule has 144 valence electrons. The van der Waals surface area contributed by atoms with E-state index in [1.807, 2.05) is 24.3 Å². The van der Waals surface area contributed by atoms with Gasteiger partial charge in [0, 0.05) is 43.3 Å². The van der Waals surface area contributed by atoms with Gasteiger partial charge in [0.25, 0.3) is 5.91 Å². The summed E-state index contributed by atoms with van der Waals surface area (Å²) in [7, 11) is 3.21. The van der Waals surface area contributed by atoms with Crippen LogP contribution in [0.4, 0.5) is 11.4 Å². The lowest BCUT2D eigenvalue weighted by Crippen LogP contribution is -2.25. The zero-order valence-electron chi connectivity index (χ0n) is 15.6. The van der Waals surface area contributed by atoms with E-state index in [4.69, 9.17) is 9.47 Å². The molecule has 0 aliphatic heterocycles. The van der Waals surface area contributed by atoms with Gasteiger partial charge >= 0.3 is 0 Å². The Hall–Kier alpha value is -3.06. The van der Waals surface area contributed by atoms with Gasteiger partial charge in [-0.25, -0.2) is 0 Å².